The third-order valence-corrected chi connectivity index (χ3v) is 7.72. The molecule has 17 heteroatoms. The maximum absolute atomic E-state index is 12.6. The molecule has 0 unspecified atom stereocenters. The van der Waals surface area contributed by atoms with Crippen LogP contribution in [0.5, 0.6) is 5.75 Å². The number of carboxylic acids is 2. The predicted molar refractivity (Wildman–Crippen MR) is 189 cm³/mol. The fraction of sp³-hybridized carbons (Fsp3) is 0.588. The zero-order chi connectivity index (χ0) is 37.7. The number of amides is 2. The lowest BCUT2D eigenvalue weighted by atomic mass is 9.78. The van der Waals surface area contributed by atoms with Crippen molar-refractivity contribution in [2.75, 3.05) is 70.7 Å². The van der Waals surface area contributed by atoms with Crippen LogP contribution in [0.1, 0.15) is 63.0 Å². The minimum Gasteiger partial charge on any atom is -0.488 e. The van der Waals surface area contributed by atoms with Crippen LogP contribution in [0.15, 0.2) is 35.4 Å². The van der Waals surface area contributed by atoms with Gasteiger partial charge in [0, 0.05) is 30.6 Å². The van der Waals surface area contributed by atoms with Crippen molar-refractivity contribution < 1.29 is 53.1 Å². The van der Waals surface area contributed by atoms with Crippen molar-refractivity contribution in [1.29, 1.82) is 0 Å². The fourth-order valence-electron chi connectivity index (χ4n) is 4.87. The normalized spacial score (nSPS) is 11.5. The molecule has 0 saturated carbocycles. The maximum atomic E-state index is 12.6. The average molecular weight is 738 g/mol. The smallest absolute Gasteiger partial charge is 0.329 e. The molecule has 0 aliphatic carbocycles. The quantitative estimate of drug-likeness (QED) is 0.0656. The first-order valence-electron chi connectivity index (χ1n) is 16.5. The Bertz CT molecular complexity index is 1390. The van der Waals surface area contributed by atoms with E-state index in [2.05, 4.69) is 39.2 Å². The molecule has 0 aliphatic heterocycles. The number of hydrogen-bond acceptors (Lipinski definition) is 13. The van der Waals surface area contributed by atoms with Gasteiger partial charge in [0.1, 0.15) is 24.6 Å². The van der Waals surface area contributed by atoms with E-state index in [0.29, 0.717) is 35.8 Å². The van der Waals surface area contributed by atoms with Crippen LogP contribution < -0.4 is 20.1 Å². The molecule has 2 aromatic rings. The van der Waals surface area contributed by atoms with Crippen molar-refractivity contribution >= 4 is 41.6 Å². The van der Waals surface area contributed by atoms with Crippen LogP contribution in [-0.4, -0.2) is 115 Å². The number of nitrogens with one attached hydrogen (secondary N) is 3. The zero-order valence-electron chi connectivity index (χ0n) is 30.0. The number of rotatable bonds is 27. The van der Waals surface area contributed by atoms with Gasteiger partial charge in [0.25, 0.3) is 5.91 Å². The molecule has 51 heavy (non-hydrogen) atoms. The van der Waals surface area contributed by atoms with Gasteiger partial charge in [0.15, 0.2) is 0 Å². The number of anilines is 1. The molecule has 1 heterocycles. The number of hydrogen-bond donors (Lipinski definition) is 5. The Balaban J connectivity index is 1.60. The molecule has 0 radical (unpaired) electrons. The molecule has 0 saturated heterocycles. The molecule has 16 nitrogen and oxygen atoms in total. The van der Waals surface area contributed by atoms with E-state index in [0.717, 1.165) is 4.90 Å². The summed E-state index contributed by atoms with van der Waals surface area (Å²) in [5.74, 6) is -1.42. The van der Waals surface area contributed by atoms with E-state index >= 15 is 0 Å². The van der Waals surface area contributed by atoms with Crippen LogP contribution in [0.4, 0.5) is 5.95 Å². The number of carbonyl (C=O) groups excluding carboxylic acids is 2. The summed E-state index contributed by atoms with van der Waals surface area (Å²) >= 11 is 1.32. The van der Waals surface area contributed by atoms with E-state index < -0.39 is 17.5 Å². The first kappa shape index (κ1) is 43.1. The van der Waals surface area contributed by atoms with Crippen LogP contribution in [0.2, 0.25) is 0 Å². The number of aromatic nitrogens is 2. The molecule has 1 aromatic heterocycles. The highest BCUT2D eigenvalue weighted by Crippen LogP contribution is 2.35. The Morgan fingerprint density at radius 3 is 2.02 bits per heavy atom. The van der Waals surface area contributed by atoms with Crippen molar-refractivity contribution in [3.63, 3.8) is 0 Å². The van der Waals surface area contributed by atoms with Gasteiger partial charge in [-0.3, -0.25) is 19.1 Å². The van der Waals surface area contributed by atoms with Gasteiger partial charge in [-0.05, 0) is 75.2 Å². The first-order chi connectivity index (χ1) is 24.2. The second-order valence-electron chi connectivity index (χ2n) is 12.8. The van der Waals surface area contributed by atoms with Crippen LogP contribution in [0.25, 0.3) is 0 Å². The molecule has 0 aliphatic rings. The second-order valence-corrected chi connectivity index (χ2v) is 13.7. The third kappa shape index (κ3) is 19.8. The molecule has 2 amide bonds. The number of carbonyl (C=O) groups is 4. The second kappa shape index (κ2) is 22.7. The summed E-state index contributed by atoms with van der Waals surface area (Å²) in [6.45, 7) is 11.2. The fourth-order valence-corrected chi connectivity index (χ4v) is 5.45. The number of nitrogens with zero attached hydrogens (tertiary/aromatic N) is 2. The van der Waals surface area contributed by atoms with Crippen molar-refractivity contribution in [1.82, 2.24) is 20.6 Å². The summed E-state index contributed by atoms with van der Waals surface area (Å²) in [5, 5.41) is 22.9. The van der Waals surface area contributed by atoms with Crippen molar-refractivity contribution in [3.05, 3.63) is 41.7 Å². The largest absolute Gasteiger partial charge is 0.488 e. The molecular formula is C34H51N5O11S. The lowest BCUT2D eigenvalue weighted by Crippen LogP contribution is -2.34. The highest BCUT2D eigenvalue weighted by molar-refractivity contribution is 8.00. The summed E-state index contributed by atoms with van der Waals surface area (Å²) in [6, 6.07) is 7.57. The summed E-state index contributed by atoms with van der Waals surface area (Å²) in [6.07, 6.45) is 2.85. The molecule has 0 bridgehead atoms. The molecule has 0 spiro atoms. The van der Waals surface area contributed by atoms with Gasteiger partial charge < -0.3 is 44.5 Å². The van der Waals surface area contributed by atoms with Gasteiger partial charge in [-0.15, -0.1) is 0 Å². The molecule has 1 aromatic carbocycles. The van der Waals surface area contributed by atoms with Gasteiger partial charge in [-0.1, -0.05) is 13.8 Å². The van der Waals surface area contributed by atoms with E-state index in [-0.39, 0.29) is 89.6 Å². The number of aryl methyl sites for hydroxylation is 1. The van der Waals surface area contributed by atoms with Crippen LogP contribution >= 0.6 is 11.9 Å². The van der Waals surface area contributed by atoms with E-state index in [1.807, 2.05) is 38.1 Å². The molecular weight excluding hydrogens is 686 g/mol. The van der Waals surface area contributed by atoms with Gasteiger partial charge in [-0.2, -0.15) is 0 Å². The maximum Gasteiger partial charge on any atom is 0.329 e. The lowest BCUT2D eigenvalue weighted by Gasteiger charge is -2.35. The van der Waals surface area contributed by atoms with E-state index in [4.69, 9.17) is 33.9 Å². The van der Waals surface area contributed by atoms with Crippen molar-refractivity contribution in [2.24, 2.45) is 5.41 Å². The number of ether oxygens (including phenoxy) is 5. The van der Waals surface area contributed by atoms with E-state index in [1.165, 1.54) is 18.1 Å². The Hall–Kier alpha value is -4.03. The molecule has 0 atom stereocenters. The van der Waals surface area contributed by atoms with Crippen molar-refractivity contribution in [3.8, 4) is 5.75 Å². The molecule has 0 fully saturated rings. The average Bonchev–Trinajstić information content (AvgIpc) is 3.05. The summed E-state index contributed by atoms with van der Waals surface area (Å²) in [5.41, 5.74) is 0.176. The number of carboxylic acid groups (broad SMARTS) is 2. The highest BCUT2D eigenvalue weighted by Gasteiger charge is 2.31. The predicted octanol–water partition coefficient (Wildman–Crippen LogP) is 3.34. The van der Waals surface area contributed by atoms with Crippen LogP contribution in [-0.2, 0) is 33.3 Å². The topological polar surface area (TPSA) is 217 Å². The molecule has 5 N–H and O–H groups in total. The minimum absolute atomic E-state index is 0.125. The highest BCUT2D eigenvalue weighted by atomic mass is 32.2. The Labute approximate surface area is 302 Å². The van der Waals surface area contributed by atoms with Crippen molar-refractivity contribution in [2.45, 2.75) is 64.4 Å². The monoisotopic (exact) mass is 737 g/mol. The Morgan fingerprint density at radius 2 is 1.41 bits per heavy atom. The SMILES string of the molecule is Cc1nc(NSc2ccc(OC(C)(C)CC(C)(C)CCC(=O)O)cc2)ncc1C(=O)NCCOCCOCC(=O)NCCOCCOCC(=O)O. The Kier molecular flexibility index (Phi) is 19.2. The number of aliphatic carboxylic acids is 2. The first-order valence-corrected chi connectivity index (χ1v) is 17.3. The standard InChI is InChI=1S/C34H51N5O11S/c1-24-27(31(45)36-13-15-47-16-18-48-21-28(40)35-12-14-46-17-19-49-22-30(43)44)20-37-32(38-24)39-51-26-8-6-25(7-9-26)50-34(4,5)23-33(2,3)11-10-29(41)42/h6-9,20H,10-19,21-23H2,1-5H3,(H,35,40)(H,36,45)(H,41,42)(H,43,44)(H,37,38,39). The van der Waals surface area contributed by atoms with Gasteiger partial charge in [0.05, 0.1) is 50.9 Å². The third-order valence-electron chi connectivity index (χ3n) is 6.93. The zero-order valence-corrected chi connectivity index (χ0v) is 30.8. The van der Waals surface area contributed by atoms with Crippen LogP contribution in [0.3, 0.4) is 0 Å². The lowest BCUT2D eigenvalue weighted by molar-refractivity contribution is -0.143. The summed E-state index contributed by atoms with van der Waals surface area (Å²) in [7, 11) is 0. The van der Waals surface area contributed by atoms with E-state index in [1.54, 1.807) is 6.92 Å². The number of benzene rings is 1. The molecule has 2 rings (SSSR count). The van der Waals surface area contributed by atoms with Crippen LogP contribution in [0, 0.1) is 12.3 Å². The molecule has 284 valence electrons. The van der Waals surface area contributed by atoms with Gasteiger partial charge in [0.2, 0.25) is 11.9 Å². The minimum atomic E-state index is -1.05. The summed E-state index contributed by atoms with van der Waals surface area (Å²) < 4.78 is 30.1. The van der Waals surface area contributed by atoms with E-state index in [9.17, 15) is 19.2 Å². The Morgan fingerprint density at radius 1 is 0.804 bits per heavy atom. The van der Waals surface area contributed by atoms with Gasteiger partial charge in [-0.25, -0.2) is 14.8 Å². The van der Waals surface area contributed by atoms with Gasteiger partial charge >= 0.3 is 11.9 Å². The summed E-state index contributed by atoms with van der Waals surface area (Å²) in [4.78, 5) is 55.2.